The molecule has 0 spiro atoms. The molecule has 3 heterocycles. The first-order chi connectivity index (χ1) is 19.4. The third-order valence-electron chi connectivity index (χ3n) is 7.68. The number of para-hydroxylation sites is 2. The Morgan fingerprint density at radius 1 is 0.950 bits per heavy atom. The second-order valence-corrected chi connectivity index (χ2v) is 11.5. The van der Waals surface area contributed by atoms with Crippen LogP contribution in [-0.2, 0) is 0 Å². The molecule has 3 aromatic rings. The summed E-state index contributed by atoms with van der Waals surface area (Å²) in [7, 11) is 0. The molecule has 6 rings (SSSR count). The fourth-order valence-corrected chi connectivity index (χ4v) is 5.66. The van der Waals surface area contributed by atoms with E-state index in [1.165, 1.54) is 5.56 Å². The van der Waals surface area contributed by atoms with Gasteiger partial charge in [-0.1, -0.05) is 43.7 Å². The van der Waals surface area contributed by atoms with E-state index in [4.69, 9.17) is 9.98 Å². The zero-order valence-electron chi connectivity index (χ0n) is 23.9. The van der Waals surface area contributed by atoms with E-state index in [0.717, 1.165) is 83.0 Å². The Morgan fingerprint density at radius 2 is 1.73 bits per heavy atom. The third kappa shape index (κ3) is 5.63. The number of aryl methyl sites for hydroxylation is 2. The van der Waals surface area contributed by atoms with Crippen molar-refractivity contribution in [2.24, 2.45) is 10.9 Å². The lowest BCUT2D eigenvalue weighted by atomic mass is 10.0. The highest BCUT2D eigenvalue weighted by molar-refractivity contribution is 5.84. The number of aromatic nitrogens is 3. The Labute approximate surface area is 236 Å². The highest BCUT2D eigenvalue weighted by Crippen LogP contribution is 2.30. The molecule has 204 valence electrons. The molecule has 0 saturated carbocycles. The number of pyridine rings is 1. The molecule has 3 aliphatic rings. The Hall–Kier alpha value is -4.03. The van der Waals surface area contributed by atoms with Gasteiger partial charge in [0, 0.05) is 31.0 Å². The summed E-state index contributed by atoms with van der Waals surface area (Å²) in [6.45, 7) is 12.1. The highest BCUT2D eigenvalue weighted by atomic mass is 15.1. The zero-order chi connectivity index (χ0) is 27.6. The molecule has 2 aromatic carbocycles. The monoisotopic (exact) mass is 530 g/mol. The van der Waals surface area contributed by atoms with E-state index in [9.17, 15) is 0 Å². The average Bonchev–Trinajstić information content (AvgIpc) is 2.95. The number of nitrogens with zero attached hydrogens (tertiary/aromatic N) is 5. The average molecular weight is 531 g/mol. The fraction of sp³-hybridized carbons (Fsp3) is 0.324. The SMILES string of the molecule is Cc1ccc(-n2c3cc(=NC4CCN(CC(C)C)CC4)c(Nc4ccc(C)nc4)cc-3nc3ccccc32)cc1. The molecule has 1 N–H and O–H groups in total. The molecule has 0 amide bonds. The van der Waals surface area contributed by atoms with Gasteiger partial charge in [0.1, 0.15) is 0 Å². The summed E-state index contributed by atoms with van der Waals surface area (Å²) in [5, 5.41) is 4.58. The van der Waals surface area contributed by atoms with Crippen LogP contribution in [0.15, 0.2) is 84.0 Å². The Kier molecular flexibility index (Phi) is 7.35. The molecule has 0 unspecified atom stereocenters. The maximum atomic E-state index is 5.37. The van der Waals surface area contributed by atoms with Gasteiger partial charge in [0.2, 0.25) is 0 Å². The molecule has 0 radical (unpaired) electrons. The van der Waals surface area contributed by atoms with E-state index in [2.05, 4.69) is 101 Å². The zero-order valence-corrected chi connectivity index (χ0v) is 23.9. The maximum Gasteiger partial charge on any atom is 0.0900 e. The molecule has 0 atom stereocenters. The van der Waals surface area contributed by atoms with E-state index in [1.807, 2.05) is 25.3 Å². The minimum atomic E-state index is 0.291. The number of hydrogen-bond acceptors (Lipinski definition) is 5. The number of rotatable bonds is 6. The standard InChI is InChI=1S/C34H38N6/c1-23(2)22-39-17-15-26(16-18-39)36-31-20-34-32(19-30(31)37-27-12-11-25(4)35-21-27)38-29-7-5-6-8-33(29)40(34)28-13-9-24(3)10-14-28/h5-14,19-21,23,26,37H,15-18,22H2,1-4H3. The van der Waals surface area contributed by atoms with Crippen LogP contribution < -0.4 is 10.7 Å². The van der Waals surface area contributed by atoms with Crippen LogP contribution in [0.2, 0.25) is 0 Å². The van der Waals surface area contributed by atoms with Crippen LogP contribution in [0.3, 0.4) is 0 Å². The number of anilines is 2. The first-order valence-corrected chi connectivity index (χ1v) is 14.4. The Balaban J connectivity index is 1.51. The van der Waals surface area contributed by atoms with Crippen molar-refractivity contribution in [1.29, 1.82) is 0 Å². The van der Waals surface area contributed by atoms with E-state index in [-0.39, 0.29) is 0 Å². The van der Waals surface area contributed by atoms with Crippen LogP contribution in [-0.4, -0.2) is 45.1 Å². The third-order valence-corrected chi connectivity index (χ3v) is 7.68. The van der Waals surface area contributed by atoms with Gasteiger partial charge in [0.15, 0.2) is 0 Å². The number of fused-ring (bicyclic) bond motifs is 2. The van der Waals surface area contributed by atoms with Gasteiger partial charge in [0.05, 0.1) is 51.4 Å². The van der Waals surface area contributed by atoms with Crippen molar-refractivity contribution >= 4 is 22.4 Å². The summed E-state index contributed by atoms with van der Waals surface area (Å²) in [6.07, 6.45) is 4.03. The molecule has 1 fully saturated rings. The molecule has 0 bridgehead atoms. The summed E-state index contributed by atoms with van der Waals surface area (Å²) in [4.78, 5) is 17.5. The van der Waals surface area contributed by atoms with Gasteiger partial charge in [-0.15, -0.1) is 0 Å². The van der Waals surface area contributed by atoms with Crippen LogP contribution in [0.1, 0.15) is 37.9 Å². The predicted molar refractivity (Wildman–Crippen MR) is 165 cm³/mol. The van der Waals surface area contributed by atoms with E-state index in [0.29, 0.717) is 12.0 Å². The van der Waals surface area contributed by atoms with Crippen LogP contribution in [0.4, 0.5) is 11.4 Å². The lowest BCUT2D eigenvalue weighted by Gasteiger charge is -2.31. The number of nitrogens with one attached hydrogen (secondary N) is 1. The molecule has 1 aromatic heterocycles. The molecule has 40 heavy (non-hydrogen) atoms. The van der Waals surface area contributed by atoms with Gasteiger partial charge in [-0.2, -0.15) is 0 Å². The van der Waals surface area contributed by atoms with Gasteiger partial charge in [-0.05, 0) is 81.1 Å². The van der Waals surface area contributed by atoms with E-state index < -0.39 is 0 Å². The number of piperidine rings is 1. The van der Waals surface area contributed by atoms with Crippen LogP contribution >= 0.6 is 0 Å². The summed E-state index contributed by atoms with van der Waals surface area (Å²) in [5.74, 6) is 0.687. The molecule has 2 aliphatic heterocycles. The van der Waals surface area contributed by atoms with Crippen molar-refractivity contribution in [1.82, 2.24) is 19.4 Å². The molecular weight excluding hydrogens is 492 g/mol. The predicted octanol–water partition coefficient (Wildman–Crippen LogP) is 6.91. The van der Waals surface area contributed by atoms with Gasteiger partial charge in [-0.3, -0.25) is 9.98 Å². The highest BCUT2D eigenvalue weighted by Gasteiger charge is 2.21. The minimum absolute atomic E-state index is 0.291. The second-order valence-electron chi connectivity index (χ2n) is 11.5. The van der Waals surface area contributed by atoms with Crippen molar-refractivity contribution in [3.63, 3.8) is 0 Å². The van der Waals surface area contributed by atoms with Crippen LogP contribution in [0.25, 0.3) is 28.1 Å². The molecule has 6 nitrogen and oxygen atoms in total. The minimum Gasteiger partial charge on any atom is -0.352 e. The quantitative estimate of drug-likeness (QED) is 0.243. The normalized spacial score (nSPS) is 15.4. The first-order valence-electron chi connectivity index (χ1n) is 14.4. The Morgan fingerprint density at radius 3 is 2.45 bits per heavy atom. The van der Waals surface area contributed by atoms with Gasteiger partial charge < -0.3 is 14.8 Å². The van der Waals surface area contributed by atoms with Crippen molar-refractivity contribution in [2.75, 3.05) is 25.0 Å². The largest absolute Gasteiger partial charge is 0.352 e. The Bertz CT molecular complexity index is 1640. The summed E-state index contributed by atoms with van der Waals surface area (Å²) < 4.78 is 2.32. The topological polar surface area (TPSA) is 58.3 Å². The van der Waals surface area contributed by atoms with Crippen molar-refractivity contribution in [2.45, 2.75) is 46.6 Å². The first kappa shape index (κ1) is 26.2. The maximum absolute atomic E-state index is 5.37. The van der Waals surface area contributed by atoms with Gasteiger partial charge in [0.25, 0.3) is 0 Å². The molecular formula is C34H38N6. The van der Waals surface area contributed by atoms with Crippen molar-refractivity contribution in [3.8, 4) is 17.1 Å². The van der Waals surface area contributed by atoms with Crippen molar-refractivity contribution < 1.29 is 0 Å². The van der Waals surface area contributed by atoms with E-state index in [1.54, 1.807) is 0 Å². The number of hydrogen-bond donors (Lipinski definition) is 1. The fourth-order valence-electron chi connectivity index (χ4n) is 5.66. The summed E-state index contributed by atoms with van der Waals surface area (Å²) in [5.41, 5.74) is 9.26. The lowest BCUT2D eigenvalue weighted by molar-refractivity contribution is 0.192. The van der Waals surface area contributed by atoms with Gasteiger partial charge in [-0.25, -0.2) is 4.98 Å². The van der Waals surface area contributed by atoms with Gasteiger partial charge >= 0.3 is 0 Å². The second kappa shape index (κ2) is 11.2. The molecule has 1 saturated heterocycles. The molecule has 1 aliphatic carbocycles. The van der Waals surface area contributed by atoms with Crippen molar-refractivity contribution in [3.05, 3.63) is 95.6 Å². The van der Waals surface area contributed by atoms with E-state index >= 15 is 0 Å². The summed E-state index contributed by atoms with van der Waals surface area (Å²) in [6, 6.07) is 25.8. The van der Waals surface area contributed by atoms with Crippen LogP contribution in [0.5, 0.6) is 0 Å². The number of benzene rings is 3. The summed E-state index contributed by atoms with van der Waals surface area (Å²) >= 11 is 0. The number of likely N-dealkylation sites (tertiary alicyclic amines) is 1. The molecule has 6 heteroatoms. The lowest BCUT2D eigenvalue weighted by Crippen LogP contribution is -2.38. The van der Waals surface area contributed by atoms with Crippen LogP contribution in [0, 0.1) is 19.8 Å². The smallest absolute Gasteiger partial charge is 0.0900 e.